The van der Waals surface area contributed by atoms with Crippen LogP contribution in [0.4, 0.5) is 0 Å². The Balaban J connectivity index is 3.20. The Morgan fingerprint density at radius 3 is 1.92 bits per heavy atom. The predicted molar refractivity (Wildman–Crippen MR) is 244 cm³/mol. The highest BCUT2D eigenvalue weighted by molar-refractivity contribution is 7.48. The number of carbonyl (C=O) groups excluding carboxylic acids is 1. The quantitative estimate of drug-likeness (QED) is 0.0153. The minimum absolute atomic E-state index is 0.0990. The topological polar surface area (TPSA) is 144 Å². The first-order valence-corrected chi connectivity index (χ1v) is 24.8. The zero-order valence-electron chi connectivity index (χ0n) is 37.0. The van der Waals surface area contributed by atoms with Crippen molar-refractivity contribution in [1.29, 1.82) is 5.41 Å². The number of allylic oxidation sites excluding steroid dienone is 2. The lowest BCUT2D eigenvalue weighted by Crippen LogP contribution is -2.66. The molecule has 0 aromatic carbocycles. The van der Waals surface area contributed by atoms with Crippen molar-refractivity contribution >= 4 is 54.4 Å². The molecule has 350 valence electrons. The fourth-order valence-electron chi connectivity index (χ4n) is 6.80. The van der Waals surface area contributed by atoms with Crippen LogP contribution in [0.3, 0.4) is 0 Å². The number of ether oxygens (including phenoxy) is 5. The number of methoxy groups -OCH3 is 2. The van der Waals surface area contributed by atoms with Gasteiger partial charge in [-0.15, -0.1) is 13.2 Å². The van der Waals surface area contributed by atoms with E-state index in [1.54, 1.807) is 7.11 Å². The lowest BCUT2D eigenvalue weighted by atomic mass is 9.96. The Bertz CT molecular complexity index is 1210. The molecule has 0 bridgehead atoms. The number of carbonyl (C=O) groups is 1. The number of hydrogen-bond acceptors (Lipinski definition) is 11. The van der Waals surface area contributed by atoms with Crippen molar-refractivity contribution in [2.75, 3.05) is 40.6 Å². The van der Waals surface area contributed by atoms with Crippen LogP contribution in [0.15, 0.2) is 37.5 Å². The first-order chi connectivity index (χ1) is 28.9. The molecule has 1 aliphatic heterocycles. The number of phosphoric acid groups is 1. The van der Waals surface area contributed by atoms with Gasteiger partial charge in [-0.3, -0.25) is 23.8 Å². The lowest BCUT2D eigenvalue weighted by Gasteiger charge is -2.46. The lowest BCUT2D eigenvalue weighted by molar-refractivity contribution is -0.256. The van der Waals surface area contributed by atoms with Crippen LogP contribution in [-0.2, 0) is 46.6 Å². The van der Waals surface area contributed by atoms with Crippen LogP contribution in [0.25, 0.3) is 0 Å². The van der Waals surface area contributed by atoms with E-state index in [2.05, 4.69) is 44.5 Å². The molecule has 1 heterocycles. The van der Waals surface area contributed by atoms with Crippen LogP contribution < -0.4 is 5.32 Å². The molecule has 2 N–H and O–H groups in total. The fourth-order valence-corrected chi connectivity index (χ4v) is 8.26. The summed E-state index contributed by atoms with van der Waals surface area (Å²) in [6.07, 6.45) is 24.4. The molecule has 1 amide bonds. The van der Waals surface area contributed by atoms with Crippen molar-refractivity contribution in [2.24, 2.45) is 0 Å². The third-order valence-corrected chi connectivity index (χ3v) is 12.1. The van der Waals surface area contributed by atoms with Crippen molar-refractivity contribution in [3.8, 4) is 0 Å². The summed E-state index contributed by atoms with van der Waals surface area (Å²) in [6, 6.07) is -1.14. The van der Waals surface area contributed by atoms with E-state index >= 15 is 0 Å². The molecule has 1 fully saturated rings. The smallest absolute Gasteiger partial charge is 0.446 e. The average molecular weight is 932 g/mol. The predicted octanol–water partition coefficient (Wildman–Crippen LogP) is 12.3. The molecular weight excluding hydrogens is 854 g/mol. The summed E-state index contributed by atoms with van der Waals surface area (Å²) in [5.41, 5.74) is 0. The van der Waals surface area contributed by atoms with Gasteiger partial charge in [0, 0.05) is 27.2 Å². The van der Waals surface area contributed by atoms with E-state index in [9.17, 15) is 9.36 Å². The van der Waals surface area contributed by atoms with Crippen LogP contribution in [0, 0.1) is 5.41 Å². The summed E-state index contributed by atoms with van der Waals surface area (Å²) >= 11 is 18.1. The molecule has 12 nitrogen and oxygen atoms in total. The number of phosphoric ester groups is 1. The molecule has 0 unspecified atom stereocenters. The maximum Gasteiger partial charge on any atom is 0.475 e. The molecule has 0 spiro atoms. The second-order valence-electron chi connectivity index (χ2n) is 15.2. The standard InChI is InChI=1S/C44H78Cl3N2O10P/c1-7-11-13-15-16-17-18-19-20-21-22-23-24-26-28-30-38(50)49-39-41(54-34-31-36(53-6)29-27-25-14-12-8-2)40(59-60(51,55-32-9-3)56-33-10-4)37(35-52-5)57-42(39)58-43(48)44(45,46)47/h9-10,17-18,36-37,39-42,48H,3-4,7-8,11-16,19-35H2,1-2,5-6H3,(H,49,50)/b18-17-,48-43?/t36-,37+,39+,40+,41+,42+/m0/s1. The van der Waals surface area contributed by atoms with Crippen molar-refractivity contribution in [3.05, 3.63) is 37.5 Å². The summed E-state index contributed by atoms with van der Waals surface area (Å²) in [6.45, 7) is 11.4. The molecule has 0 radical (unpaired) electrons. The summed E-state index contributed by atoms with van der Waals surface area (Å²) in [7, 11) is -1.21. The van der Waals surface area contributed by atoms with Gasteiger partial charge >= 0.3 is 7.82 Å². The zero-order chi connectivity index (χ0) is 44.5. The SMILES string of the molecule is C=CCOP(=O)(OCC=C)O[C@H]1[C@H](OCC[C@H](CCCCCCC)OC)[C@@H](NC(=O)CCCCCCCCC/C=C\CCCCCC)[C@@H](OC(=N)C(Cl)(Cl)Cl)O[C@@H]1COC. The summed E-state index contributed by atoms with van der Waals surface area (Å²) in [5, 5.41) is 11.4. The second kappa shape index (κ2) is 35.3. The molecule has 1 saturated heterocycles. The van der Waals surface area contributed by atoms with E-state index in [1.807, 2.05) is 0 Å². The highest BCUT2D eigenvalue weighted by Gasteiger charge is 2.53. The molecule has 1 rings (SSSR count). The van der Waals surface area contributed by atoms with E-state index in [0.29, 0.717) is 12.8 Å². The van der Waals surface area contributed by atoms with Gasteiger partial charge in [-0.1, -0.05) is 156 Å². The fraction of sp³-hybridized carbons (Fsp3) is 0.818. The maximum atomic E-state index is 14.1. The van der Waals surface area contributed by atoms with Gasteiger partial charge in [-0.25, -0.2) is 4.57 Å². The third kappa shape index (κ3) is 25.9. The van der Waals surface area contributed by atoms with E-state index in [-0.39, 0.29) is 44.9 Å². The van der Waals surface area contributed by atoms with E-state index in [4.69, 9.17) is 77.5 Å². The van der Waals surface area contributed by atoms with Crippen LogP contribution in [-0.4, -0.2) is 93.0 Å². The number of rotatable bonds is 38. The summed E-state index contributed by atoms with van der Waals surface area (Å²) in [5.74, 6) is -1.05. The van der Waals surface area contributed by atoms with Gasteiger partial charge in [0.1, 0.15) is 24.4 Å². The van der Waals surface area contributed by atoms with Crippen molar-refractivity contribution in [3.63, 3.8) is 0 Å². The first-order valence-electron chi connectivity index (χ1n) is 22.2. The molecule has 16 heteroatoms. The monoisotopic (exact) mass is 930 g/mol. The number of halogens is 3. The van der Waals surface area contributed by atoms with Gasteiger partial charge in [0.15, 0.2) is 0 Å². The van der Waals surface area contributed by atoms with Gasteiger partial charge in [-0.2, -0.15) is 0 Å². The molecule has 60 heavy (non-hydrogen) atoms. The molecular formula is C44H78Cl3N2O10P. The normalized spacial score (nSPS) is 20.3. The second-order valence-corrected chi connectivity index (χ2v) is 19.1. The number of nitrogens with one attached hydrogen (secondary N) is 2. The Kier molecular flexibility index (Phi) is 33.6. The van der Waals surface area contributed by atoms with Gasteiger partial charge in [0.25, 0.3) is 3.79 Å². The Morgan fingerprint density at radius 1 is 0.817 bits per heavy atom. The molecule has 0 aromatic heterocycles. The van der Waals surface area contributed by atoms with Gasteiger partial charge in [0.05, 0.1) is 25.9 Å². The van der Waals surface area contributed by atoms with Crippen LogP contribution in [0.1, 0.15) is 149 Å². The van der Waals surface area contributed by atoms with Gasteiger partial charge < -0.3 is 29.0 Å². The highest BCUT2D eigenvalue weighted by Crippen LogP contribution is 2.52. The van der Waals surface area contributed by atoms with Gasteiger partial charge in [0.2, 0.25) is 18.1 Å². The van der Waals surface area contributed by atoms with E-state index in [0.717, 1.165) is 64.2 Å². The first kappa shape index (κ1) is 57.0. The minimum Gasteiger partial charge on any atom is -0.446 e. The Morgan fingerprint density at radius 2 is 1.37 bits per heavy atom. The molecule has 6 atom stereocenters. The van der Waals surface area contributed by atoms with Crippen LogP contribution in [0.5, 0.6) is 0 Å². The van der Waals surface area contributed by atoms with Crippen LogP contribution >= 0.6 is 42.6 Å². The van der Waals surface area contributed by atoms with Crippen LogP contribution in [0.2, 0.25) is 0 Å². The molecule has 0 saturated carbocycles. The third-order valence-electron chi connectivity index (χ3n) is 10.1. The van der Waals surface area contributed by atoms with E-state index < -0.39 is 48.2 Å². The average Bonchev–Trinajstić information content (AvgIpc) is 3.21. The number of alkyl halides is 3. The Labute approximate surface area is 377 Å². The van der Waals surface area contributed by atoms with E-state index in [1.165, 1.54) is 70.6 Å². The minimum atomic E-state index is -4.33. The highest BCUT2D eigenvalue weighted by atomic mass is 35.6. The Hall–Kier alpha value is -1.02. The zero-order valence-corrected chi connectivity index (χ0v) is 40.2. The van der Waals surface area contributed by atoms with Crippen molar-refractivity contribution in [1.82, 2.24) is 5.32 Å². The summed E-state index contributed by atoms with van der Waals surface area (Å²) < 4.78 is 59.0. The maximum absolute atomic E-state index is 14.1. The largest absolute Gasteiger partial charge is 0.475 e. The number of hydrogen-bond donors (Lipinski definition) is 2. The van der Waals surface area contributed by atoms with Crippen molar-refractivity contribution in [2.45, 2.75) is 189 Å². The van der Waals surface area contributed by atoms with Crippen molar-refractivity contribution < 1.29 is 46.6 Å². The molecule has 1 aliphatic rings. The van der Waals surface area contributed by atoms with Gasteiger partial charge in [-0.05, 0) is 44.9 Å². The number of amides is 1. The summed E-state index contributed by atoms with van der Waals surface area (Å²) in [4.78, 5) is 13.7. The number of unbranched alkanes of at least 4 members (excludes halogenated alkanes) is 15. The molecule has 0 aromatic rings. The molecule has 0 aliphatic carbocycles.